The minimum atomic E-state index is -0.950. The van der Waals surface area contributed by atoms with Crippen molar-refractivity contribution >= 4 is 29.0 Å². The number of rotatable bonds is 5. The molecule has 0 bridgehead atoms. The van der Waals surface area contributed by atoms with Gasteiger partial charge in [0.2, 0.25) is 0 Å². The first-order valence-electron chi connectivity index (χ1n) is 5.62. The van der Waals surface area contributed by atoms with Crippen LogP contribution in [-0.2, 0) is 4.79 Å². The lowest BCUT2D eigenvalue weighted by Gasteiger charge is -2.20. The van der Waals surface area contributed by atoms with Gasteiger partial charge in [-0.3, -0.25) is 4.79 Å². The lowest BCUT2D eigenvalue weighted by molar-refractivity contribution is -0.138. The van der Waals surface area contributed by atoms with E-state index in [4.69, 9.17) is 16.7 Å². The van der Waals surface area contributed by atoms with Crippen molar-refractivity contribution in [3.8, 4) is 0 Å². The maximum atomic E-state index is 11.3. The molecule has 18 heavy (non-hydrogen) atoms. The second-order valence-electron chi connectivity index (χ2n) is 4.46. The zero-order chi connectivity index (χ0) is 13.9. The Kier molecular flexibility index (Phi) is 4.73. The third kappa shape index (κ3) is 3.47. The fraction of sp³-hybridized carbons (Fsp3) is 0.385. The highest BCUT2D eigenvalue weighted by Gasteiger charge is 2.22. The molecule has 0 saturated carbocycles. The normalized spacial score (nSPS) is 12.3. The molecule has 0 radical (unpaired) electrons. The van der Waals surface area contributed by atoms with Gasteiger partial charge in [0.25, 0.3) is 0 Å². The van der Waals surface area contributed by atoms with Crippen LogP contribution in [0.2, 0.25) is 5.02 Å². The van der Waals surface area contributed by atoms with E-state index in [1.54, 1.807) is 32.0 Å². The Labute approximate surface area is 111 Å². The summed E-state index contributed by atoms with van der Waals surface area (Å²) in [5, 5.41) is 12.4. The molecule has 0 aromatic heterocycles. The first-order valence-corrected chi connectivity index (χ1v) is 6.00. The van der Waals surface area contributed by atoms with Crippen LogP contribution in [0.4, 0.5) is 5.69 Å². The van der Waals surface area contributed by atoms with Gasteiger partial charge in [0.05, 0.1) is 10.7 Å². The van der Waals surface area contributed by atoms with E-state index in [0.717, 1.165) is 0 Å². The standard InChI is InChI=1S/C13H16ClNO3/c1-7(2)12(13(17)18)15-11-6-9(8(3)16)4-5-10(11)14/h4-7,12,15H,1-3H3,(H,17,18). The Morgan fingerprint density at radius 3 is 2.39 bits per heavy atom. The average molecular weight is 270 g/mol. The summed E-state index contributed by atoms with van der Waals surface area (Å²) in [5.41, 5.74) is 0.959. The molecule has 0 aliphatic rings. The molecule has 0 saturated heterocycles. The number of carboxylic acids is 1. The van der Waals surface area contributed by atoms with Crippen molar-refractivity contribution in [2.75, 3.05) is 5.32 Å². The van der Waals surface area contributed by atoms with E-state index in [0.29, 0.717) is 16.3 Å². The van der Waals surface area contributed by atoms with E-state index < -0.39 is 12.0 Å². The number of Topliss-reactive ketones (excluding diaryl/α,β-unsaturated/α-hetero) is 1. The van der Waals surface area contributed by atoms with Crippen LogP contribution in [0.25, 0.3) is 0 Å². The molecule has 1 atom stereocenters. The number of carbonyl (C=O) groups excluding carboxylic acids is 1. The molecule has 0 aliphatic carbocycles. The number of hydrogen-bond donors (Lipinski definition) is 2. The van der Waals surface area contributed by atoms with Gasteiger partial charge in [0.1, 0.15) is 6.04 Å². The van der Waals surface area contributed by atoms with Crippen LogP contribution in [0.5, 0.6) is 0 Å². The summed E-state index contributed by atoms with van der Waals surface area (Å²) >= 11 is 5.99. The number of hydrogen-bond acceptors (Lipinski definition) is 3. The first kappa shape index (κ1) is 14.5. The van der Waals surface area contributed by atoms with Gasteiger partial charge in [-0.2, -0.15) is 0 Å². The third-order valence-electron chi connectivity index (χ3n) is 2.62. The predicted molar refractivity (Wildman–Crippen MR) is 71.3 cm³/mol. The Balaban J connectivity index is 3.05. The number of benzene rings is 1. The molecule has 0 spiro atoms. The SMILES string of the molecule is CC(=O)c1ccc(Cl)c(NC(C(=O)O)C(C)C)c1. The first-order chi connectivity index (χ1) is 8.32. The van der Waals surface area contributed by atoms with E-state index in [9.17, 15) is 9.59 Å². The summed E-state index contributed by atoms with van der Waals surface area (Å²) in [6, 6.07) is 4.02. The molecular formula is C13H16ClNO3. The van der Waals surface area contributed by atoms with E-state index in [-0.39, 0.29) is 11.7 Å². The molecule has 98 valence electrons. The lowest BCUT2D eigenvalue weighted by Crippen LogP contribution is -2.34. The quantitative estimate of drug-likeness (QED) is 0.806. The van der Waals surface area contributed by atoms with E-state index in [1.807, 2.05) is 0 Å². The van der Waals surface area contributed by atoms with Gasteiger partial charge in [0.15, 0.2) is 5.78 Å². The van der Waals surface area contributed by atoms with Gasteiger partial charge in [-0.05, 0) is 31.0 Å². The molecule has 2 N–H and O–H groups in total. The number of nitrogens with one attached hydrogen (secondary N) is 1. The van der Waals surface area contributed by atoms with E-state index in [2.05, 4.69) is 5.32 Å². The second-order valence-corrected chi connectivity index (χ2v) is 4.86. The molecule has 1 aromatic carbocycles. The molecule has 4 nitrogen and oxygen atoms in total. The highest BCUT2D eigenvalue weighted by molar-refractivity contribution is 6.33. The fourth-order valence-corrected chi connectivity index (χ4v) is 1.71. The number of anilines is 1. The van der Waals surface area contributed by atoms with Gasteiger partial charge in [-0.1, -0.05) is 25.4 Å². The van der Waals surface area contributed by atoms with Crippen molar-refractivity contribution in [2.45, 2.75) is 26.8 Å². The number of carboxylic acid groups (broad SMARTS) is 1. The Bertz CT molecular complexity index is 471. The summed E-state index contributed by atoms with van der Waals surface area (Å²) < 4.78 is 0. The zero-order valence-corrected chi connectivity index (χ0v) is 11.3. The molecule has 0 amide bonds. The maximum absolute atomic E-state index is 11.3. The number of aliphatic carboxylic acids is 1. The van der Waals surface area contributed by atoms with Crippen molar-refractivity contribution < 1.29 is 14.7 Å². The van der Waals surface area contributed by atoms with Crippen molar-refractivity contribution in [3.63, 3.8) is 0 Å². The summed E-state index contributed by atoms with van der Waals surface area (Å²) in [5.74, 6) is -1.14. The van der Waals surface area contributed by atoms with Crippen molar-refractivity contribution in [1.82, 2.24) is 0 Å². The highest BCUT2D eigenvalue weighted by atomic mass is 35.5. The van der Waals surface area contributed by atoms with E-state index >= 15 is 0 Å². The maximum Gasteiger partial charge on any atom is 0.326 e. The molecule has 0 aliphatic heterocycles. The number of halogens is 1. The average Bonchev–Trinajstić information content (AvgIpc) is 2.26. The van der Waals surface area contributed by atoms with E-state index in [1.165, 1.54) is 6.92 Å². The van der Waals surface area contributed by atoms with Crippen LogP contribution >= 0.6 is 11.6 Å². The van der Waals surface area contributed by atoms with Crippen LogP contribution < -0.4 is 5.32 Å². The van der Waals surface area contributed by atoms with Gasteiger partial charge in [0, 0.05) is 5.56 Å². The summed E-state index contributed by atoms with van der Waals surface area (Å²) in [4.78, 5) is 22.4. The van der Waals surface area contributed by atoms with Crippen molar-refractivity contribution in [1.29, 1.82) is 0 Å². The Morgan fingerprint density at radius 1 is 1.33 bits per heavy atom. The molecule has 0 heterocycles. The minimum Gasteiger partial charge on any atom is -0.480 e. The Hall–Kier alpha value is -1.55. The van der Waals surface area contributed by atoms with Gasteiger partial charge in [-0.25, -0.2) is 4.79 Å². The predicted octanol–water partition coefficient (Wildman–Crippen LogP) is 3.06. The van der Waals surface area contributed by atoms with Gasteiger partial charge >= 0.3 is 5.97 Å². The molecular weight excluding hydrogens is 254 g/mol. The third-order valence-corrected chi connectivity index (χ3v) is 2.95. The van der Waals surface area contributed by atoms with Crippen molar-refractivity contribution in [2.24, 2.45) is 5.92 Å². The van der Waals surface area contributed by atoms with Gasteiger partial charge in [-0.15, -0.1) is 0 Å². The topological polar surface area (TPSA) is 66.4 Å². The molecule has 1 rings (SSSR count). The summed E-state index contributed by atoms with van der Waals surface area (Å²) in [6.07, 6.45) is 0. The minimum absolute atomic E-state index is 0.0915. The van der Waals surface area contributed by atoms with Crippen LogP contribution in [0.1, 0.15) is 31.1 Å². The van der Waals surface area contributed by atoms with Crippen LogP contribution in [0.15, 0.2) is 18.2 Å². The number of carbonyl (C=O) groups is 2. The van der Waals surface area contributed by atoms with Gasteiger partial charge < -0.3 is 10.4 Å². The molecule has 1 unspecified atom stereocenters. The highest BCUT2D eigenvalue weighted by Crippen LogP contribution is 2.25. The van der Waals surface area contributed by atoms with Crippen LogP contribution in [-0.4, -0.2) is 22.9 Å². The lowest BCUT2D eigenvalue weighted by atomic mass is 10.0. The van der Waals surface area contributed by atoms with Crippen molar-refractivity contribution in [3.05, 3.63) is 28.8 Å². The summed E-state index contributed by atoms with van der Waals surface area (Å²) in [6.45, 7) is 5.05. The van der Waals surface area contributed by atoms with Crippen LogP contribution in [0.3, 0.4) is 0 Å². The van der Waals surface area contributed by atoms with Crippen LogP contribution in [0, 0.1) is 5.92 Å². The molecule has 5 heteroatoms. The Morgan fingerprint density at radius 2 is 1.94 bits per heavy atom. The monoisotopic (exact) mass is 269 g/mol. The number of ketones is 1. The smallest absolute Gasteiger partial charge is 0.326 e. The largest absolute Gasteiger partial charge is 0.480 e. The zero-order valence-electron chi connectivity index (χ0n) is 10.5. The molecule has 0 fully saturated rings. The molecule has 1 aromatic rings. The second kappa shape index (κ2) is 5.87. The fourth-order valence-electron chi connectivity index (χ4n) is 1.54. The summed E-state index contributed by atoms with van der Waals surface area (Å²) in [7, 11) is 0.